The van der Waals surface area contributed by atoms with Crippen LogP contribution in [0.1, 0.15) is 39.7 Å². The molecule has 0 radical (unpaired) electrons. The molecule has 118 valence electrons. The van der Waals surface area contributed by atoms with E-state index in [1.54, 1.807) is 12.1 Å². The second kappa shape index (κ2) is 5.04. The van der Waals surface area contributed by atoms with Crippen molar-refractivity contribution in [3.05, 3.63) is 41.5 Å². The topological polar surface area (TPSA) is 28.3 Å². The van der Waals surface area contributed by atoms with Gasteiger partial charge in [0.15, 0.2) is 12.0 Å². The lowest BCUT2D eigenvalue weighted by atomic mass is 9.93. The van der Waals surface area contributed by atoms with Gasteiger partial charge in [-0.1, -0.05) is 27.7 Å². The Kier molecular flexibility index (Phi) is 3.42. The van der Waals surface area contributed by atoms with Crippen LogP contribution in [0.2, 0.25) is 0 Å². The van der Waals surface area contributed by atoms with E-state index in [1.807, 2.05) is 6.20 Å². The highest BCUT2D eigenvalue weighted by atomic mass is 19.1. The van der Waals surface area contributed by atoms with Gasteiger partial charge in [-0.2, -0.15) is 0 Å². The van der Waals surface area contributed by atoms with Gasteiger partial charge in [0.25, 0.3) is 0 Å². The molecule has 2 aromatic rings. The molecular formula is C18H23FN2O. The van der Waals surface area contributed by atoms with Crippen LogP contribution in [0.25, 0.3) is 16.7 Å². The summed E-state index contributed by atoms with van der Waals surface area (Å²) in [5.41, 5.74) is 3.01. The van der Waals surface area contributed by atoms with Crippen molar-refractivity contribution < 1.29 is 9.13 Å². The highest BCUT2D eigenvalue weighted by Crippen LogP contribution is 2.42. The van der Waals surface area contributed by atoms with Gasteiger partial charge < -0.3 is 14.6 Å². The van der Waals surface area contributed by atoms with Crippen molar-refractivity contribution in [2.45, 2.75) is 40.3 Å². The number of H-pyrrole nitrogens is 1. The summed E-state index contributed by atoms with van der Waals surface area (Å²) in [7, 11) is 2.07. The number of halogens is 1. The fourth-order valence-electron chi connectivity index (χ4n) is 3.23. The maximum absolute atomic E-state index is 13.6. The zero-order chi connectivity index (χ0) is 16.1. The van der Waals surface area contributed by atoms with Gasteiger partial charge >= 0.3 is 0 Å². The maximum Gasteiger partial charge on any atom is 0.176 e. The summed E-state index contributed by atoms with van der Waals surface area (Å²) in [6.45, 7) is 8.62. The summed E-state index contributed by atoms with van der Waals surface area (Å²) >= 11 is 0. The summed E-state index contributed by atoms with van der Waals surface area (Å²) in [6.07, 6.45) is 2.77. The fraction of sp³-hybridized carbons (Fsp3) is 0.444. The van der Waals surface area contributed by atoms with Crippen molar-refractivity contribution in [2.24, 2.45) is 5.41 Å². The van der Waals surface area contributed by atoms with Crippen LogP contribution in [0.3, 0.4) is 0 Å². The zero-order valence-corrected chi connectivity index (χ0v) is 13.8. The molecule has 0 spiro atoms. The number of aromatic nitrogens is 1. The molecule has 1 atom stereocenters. The fourth-order valence-corrected chi connectivity index (χ4v) is 3.23. The van der Waals surface area contributed by atoms with Gasteiger partial charge in [0.05, 0.1) is 5.70 Å². The number of hydrogen-bond acceptors (Lipinski definition) is 2. The largest absolute Gasteiger partial charge is 0.467 e. The van der Waals surface area contributed by atoms with E-state index in [2.05, 4.69) is 44.6 Å². The standard InChI is InChI=1S/C18H23FN2O/c1-6-15-16(22-17(21(15)5)18(2,3)4)13-10-20-14-8-7-11(19)9-12(13)14/h7-10,17,20H,6H2,1-5H3. The quantitative estimate of drug-likeness (QED) is 0.869. The normalized spacial score (nSPS) is 19.2. The van der Waals surface area contributed by atoms with Crippen LogP contribution >= 0.6 is 0 Å². The molecule has 0 bridgehead atoms. The van der Waals surface area contributed by atoms with Crippen LogP contribution in [0.15, 0.2) is 30.1 Å². The van der Waals surface area contributed by atoms with Gasteiger partial charge in [0.1, 0.15) is 5.82 Å². The molecule has 1 unspecified atom stereocenters. The third-order valence-corrected chi connectivity index (χ3v) is 4.23. The first-order valence-electron chi connectivity index (χ1n) is 7.72. The van der Waals surface area contributed by atoms with Crippen molar-refractivity contribution >= 4 is 16.7 Å². The summed E-state index contributed by atoms with van der Waals surface area (Å²) < 4.78 is 19.9. The number of rotatable bonds is 2. The Morgan fingerprint density at radius 2 is 2.05 bits per heavy atom. The van der Waals surface area contributed by atoms with Gasteiger partial charge in [-0.15, -0.1) is 0 Å². The van der Waals surface area contributed by atoms with Crippen molar-refractivity contribution in [3.8, 4) is 0 Å². The smallest absolute Gasteiger partial charge is 0.176 e. The summed E-state index contributed by atoms with van der Waals surface area (Å²) in [4.78, 5) is 5.41. The molecule has 22 heavy (non-hydrogen) atoms. The van der Waals surface area contributed by atoms with E-state index in [1.165, 1.54) is 6.07 Å². The molecule has 1 aromatic heterocycles. The van der Waals surface area contributed by atoms with E-state index in [9.17, 15) is 4.39 Å². The monoisotopic (exact) mass is 302 g/mol. The molecule has 1 aromatic carbocycles. The zero-order valence-electron chi connectivity index (χ0n) is 13.8. The van der Waals surface area contributed by atoms with Crippen LogP contribution in [0.5, 0.6) is 0 Å². The van der Waals surface area contributed by atoms with Gasteiger partial charge in [-0.05, 0) is 24.6 Å². The summed E-state index contributed by atoms with van der Waals surface area (Å²) in [5.74, 6) is 0.632. The first-order chi connectivity index (χ1) is 10.3. The third-order valence-electron chi connectivity index (χ3n) is 4.23. The van der Waals surface area contributed by atoms with Crippen molar-refractivity contribution in [1.82, 2.24) is 9.88 Å². The number of nitrogens with zero attached hydrogens (tertiary/aromatic N) is 1. The Hall–Kier alpha value is -1.97. The predicted octanol–water partition coefficient (Wildman–Crippen LogP) is 4.72. The Bertz CT molecular complexity index is 739. The van der Waals surface area contributed by atoms with E-state index in [-0.39, 0.29) is 17.5 Å². The van der Waals surface area contributed by atoms with Crippen LogP contribution in [0, 0.1) is 11.2 Å². The van der Waals surface area contributed by atoms with Gasteiger partial charge in [-0.25, -0.2) is 4.39 Å². The minimum Gasteiger partial charge on any atom is -0.467 e. The average Bonchev–Trinajstić information content (AvgIpc) is 2.98. The molecule has 3 rings (SSSR count). The van der Waals surface area contributed by atoms with Crippen molar-refractivity contribution in [2.75, 3.05) is 7.05 Å². The molecule has 1 aliphatic rings. The number of allylic oxidation sites excluding steroid dienone is 1. The van der Waals surface area contributed by atoms with E-state index < -0.39 is 0 Å². The van der Waals surface area contributed by atoms with Crippen LogP contribution in [-0.4, -0.2) is 23.2 Å². The highest BCUT2D eigenvalue weighted by Gasteiger charge is 2.39. The van der Waals surface area contributed by atoms with Crippen LogP contribution < -0.4 is 0 Å². The van der Waals surface area contributed by atoms with Crippen molar-refractivity contribution in [3.63, 3.8) is 0 Å². The van der Waals surface area contributed by atoms with Gasteiger partial charge in [0.2, 0.25) is 0 Å². The lowest BCUT2D eigenvalue weighted by Crippen LogP contribution is -2.38. The number of fused-ring (bicyclic) bond motifs is 1. The molecule has 0 amide bonds. The first-order valence-corrected chi connectivity index (χ1v) is 7.72. The van der Waals surface area contributed by atoms with E-state index in [0.717, 1.165) is 34.3 Å². The molecule has 1 N–H and O–H groups in total. The van der Waals surface area contributed by atoms with E-state index in [0.29, 0.717) is 0 Å². The number of ether oxygens (including phenoxy) is 1. The SMILES string of the molecule is CCC1=C(c2c[nH]c3ccc(F)cc23)OC(C(C)(C)C)N1C. The minimum absolute atomic E-state index is 0.00567. The highest BCUT2D eigenvalue weighted by molar-refractivity contribution is 5.92. The third kappa shape index (κ3) is 2.27. The lowest BCUT2D eigenvalue weighted by Gasteiger charge is -2.33. The second-order valence-electron chi connectivity index (χ2n) is 6.97. The number of hydrogen-bond donors (Lipinski definition) is 1. The maximum atomic E-state index is 13.6. The molecule has 3 nitrogen and oxygen atoms in total. The van der Waals surface area contributed by atoms with Gasteiger partial charge in [-0.3, -0.25) is 0 Å². The molecule has 0 aliphatic carbocycles. The van der Waals surface area contributed by atoms with E-state index >= 15 is 0 Å². The summed E-state index contributed by atoms with van der Waals surface area (Å²) in [6, 6.07) is 4.80. The number of aromatic amines is 1. The molecule has 2 heterocycles. The average molecular weight is 302 g/mol. The predicted molar refractivity (Wildman–Crippen MR) is 87.6 cm³/mol. The second-order valence-corrected chi connectivity index (χ2v) is 6.97. The van der Waals surface area contributed by atoms with Crippen LogP contribution in [0.4, 0.5) is 4.39 Å². The lowest BCUT2D eigenvalue weighted by molar-refractivity contribution is -0.0120. The Balaban J connectivity index is 2.12. The summed E-state index contributed by atoms with van der Waals surface area (Å²) in [5, 5.41) is 0.865. The van der Waals surface area contributed by atoms with Gasteiger partial charge in [0, 0.05) is 35.1 Å². The molecular weight excluding hydrogens is 279 g/mol. The molecule has 1 aliphatic heterocycles. The molecule has 4 heteroatoms. The van der Waals surface area contributed by atoms with E-state index in [4.69, 9.17) is 4.74 Å². The van der Waals surface area contributed by atoms with Crippen molar-refractivity contribution in [1.29, 1.82) is 0 Å². The number of benzene rings is 1. The Labute approximate surface area is 130 Å². The van der Waals surface area contributed by atoms with Crippen LogP contribution in [-0.2, 0) is 4.74 Å². The minimum atomic E-state index is -0.231. The Morgan fingerprint density at radius 1 is 1.32 bits per heavy atom. The number of nitrogens with one attached hydrogen (secondary N) is 1. The molecule has 0 saturated heterocycles. The molecule has 0 fully saturated rings. The Morgan fingerprint density at radius 3 is 2.68 bits per heavy atom. The first kappa shape index (κ1) is 14.9. The molecule has 0 saturated carbocycles.